The molecular weight excluding hydrogens is 399 g/mol. The Morgan fingerprint density at radius 3 is 2.54 bits per heavy atom. The predicted octanol–water partition coefficient (Wildman–Crippen LogP) is 5.65. The molecule has 2 saturated carbocycles. The van der Waals surface area contributed by atoms with E-state index < -0.39 is 5.41 Å². The zero-order valence-corrected chi connectivity index (χ0v) is 17.9. The summed E-state index contributed by atoms with van der Waals surface area (Å²) >= 11 is 13.1. The van der Waals surface area contributed by atoms with E-state index in [4.69, 9.17) is 32.7 Å². The van der Waals surface area contributed by atoms with Gasteiger partial charge < -0.3 is 9.47 Å². The quantitative estimate of drug-likeness (QED) is 0.585. The Bertz CT molecular complexity index is 815. The van der Waals surface area contributed by atoms with Crippen molar-refractivity contribution in [2.75, 3.05) is 7.11 Å². The fourth-order valence-electron chi connectivity index (χ4n) is 5.38. The van der Waals surface area contributed by atoms with Crippen LogP contribution in [0.4, 0.5) is 0 Å². The number of esters is 1. The molecule has 0 N–H and O–H groups in total. The third-order valence-corrected chi connectivity index (χ3v) is 7.88. The molecule has 0 unspecified atom stereocenters. The van der Waals surface area contributed by atoms with Gasteiger partial charge in [-0.25, -0.2) is 0 Å². The molecule has 28 heavy (non-hydrogen) atoms. The van der Waals surface area contributed by atoms with Crippen LogP contribution in [0.3, 0.4) is 0 Å². The highest BCUT2D eigenvalue weighted by molar-refractivity contribution is 6.45. The fraction of sp³-hybridized carbons (Fsp3) is 0.636. The van der Waals surface area contributed by atoms with E-state index in [-0.39, 0.29) is 23.8 Å². The summed E-state index contributed by atoms with van der Waals surface area (Å²) < 4.78 is 11.0. The van der Waals surface area contributed by atoms with Crippen molar-refractivity contribution in [1.82, 2.24) is 0 Å². The number of ketones is 1. The van der Waals surface area contributed by atoms with E-state index in [0.29, 0.717) is 40.1 Å². The predicted molar refractivity (Wildman–Crippen MR) is 108 cm³/mol. The van der Waals surface area contributed by atoms with Gasteiger partial charge in [0.1, 0.15) is 10.8 Å². The SMILES string of the molecule is COC(=O)[C@H]1CC[C@H](Oc2cc3c(c(Cl)c2Cl)C(=O)[C@](C)(C2CCCC2)C3)C1. The van der Waals surface area contributed by atoms with E-state index in [1.807, 2.05) is 6.07 Å². The molecule has 3 aliphatic carbocycles. The van der Waals surface area contributed by atoms with Crippen LogP contribution in [0, 0.1) is 17.3 Å². The van der Waals surface area contributed by atoms with Crippen molar-refractivity contribution < 1.29 is 19.1 Å². The first-order chi connectivity index (χ1) is 13.3. The summed E-state index contributed by atoms with van der Waals surface area (Å²) in [6.45, 7) is 2.08. The Kier molecular flexibility index (Phi) is 5.39. The molecule has 0 aromatic heterocycles. The van der Waals surface area contributed by atoms with Crippen LogP contribution >= 0.6 is 23.2 Å². The second kappa shape index (κ2) is 7.53. The molecule has 0 amide bonds. The van der Waals surface area contributed by atoms with Crippen molar-refractivity contribution in [1.29, 1.82) is 0 Å². The number of fused-ring (bicyclic) bond motifs is 1. The number of carbonyl (C=O) groups is 2. The summed E-state index contributed by atoms with van der Waals surface area (Å²) in [4.78, 5) is 25.0. The molecule has 0 aliphatic heterocycles. The molecule has 4 nitrogen and oxygen atoms in total. The average molecular weight is 425 g/mol. The maximum Gasteiger partial charge on any atom is 0.308 e. The first-order valence-corrected chi connectivity index (χ1v) is 10.9. The van der Waals surface area contributed by atoms with E-state index in [0.717, 1.165) is 31.2 Å². The van der Waals surface area contributed by atoms with Crippen LogP contribution in [-0.2, 0) is 16.0 Å². The molecule has 3 aliphatic rings. The highest BCUT2D eigenvalue weighted by Gasteiger charge is 2.49. The number of methoxy groups -OCH3 is 1. The van der Waals surface area contributed by atoms with E-state index >= 15 is 0 Å². The molecule has 152 valence electrons. The van der Waals surface area contributed by atoms with Crippen LogP contribution < -0.4 is 4.74 Å². The van der Waals surface area contributed by atoms with Crippen LogP contribution in [0.15, 0.2) is 6.07 Å². The lowest BCUT2D eigenvalue weighted by Crippen LogP contribution is -2.32. The molecule has 6 heteroatoms. The molecule has 2 fully saturated rings. The largest absolute Gasteiger partial charge is 0.489 e. The summed E-state index contributed by atoms with van der Waals surface area (Å²) in [5.41, 5.74) is 1.12. The molecule has 0 bridgehead atoms. The monoisotopic (exact) mass is 424 g/mol. The number of ether oxygens (including phenoxy) is 2. The van der Waals surface area contributed by atoms with Gasteiger partial charge >= 0.3 is 5.97 Å². The minimum Gasteiger partial charge on any atom is -0.489 e. The van der Waals surface area contributed by atoms with Crippen molar-refractivity contribution in [3.8, 4) is 5.75 Å². The third kappa shape index (κ3) is 3.23. The zero-order chi connectivity index (χ0) is 20.1. The normalized spacial score (nSPS) is 29.9. The van der Waals surface area contributed by atoms with Crippen LogP contribution in [-0.4, -0.2) is 25.0 Å². The van der Waals surface area contributed by atoms with E-state index in [9.17, 15) is 9.59 Å². The molecule has 0 radical (unpaired) electrons. The van der Waals surface area contributed by atoms with Gasteiger partial charge in [-0.15, -0.1) is 0 Å². The summed E-state index contributed by atoms with van der Waals surface area (Å²) in [7, 11) is 1.41. The number of carbonyl (C=O) groups excluding carboxylic acids is 2. The van der Waals surface area contributed by atoms with Gasteiger partial charge in [-0.2, -0.15) is 0 Å². The van der Waals surface area contributed by atoms with Crippen molar-refractivity contribution in [2.24, 2.45) is 17.3 Å². The molecule has 3 atom stereocenters. The van der Waals surface area contributed by atoms with Gasteiger partial charge in [0.2, 0.25) is 0 Å². The molecule has 1 aromatic rings. The van der Waals surface area contributed by atoms with Crippen molar-refractivity contribution in [2.45, 2.75) is 64.4 Å². The zero-order valence-electron chi connectivity index (χ0n) is 16.4. The molecule has 0 saturated heterocycles. The van der Waals surface area contributed by atoms with E-state index in [2.05, 4.69) is 6.92 Å². The van der Waals surface area contributed by atoms with Crippen molar-refractivity contribution >= 4 is 35.0 Å². The Hall–Kier alpha value is -1.26. The lowest BCUT2D eigenvalue weighted by molar-refractivity contribution is -0.145. The topological polar surface area (TPSA) is 52.6 Å². The van der Waals surface area contributed by atoms with Gasteiger partial charge in [0.05, 0.1) is 24.2 Å². The Morgan fingerprint density at radius 1 is 1.14 bits per heavy atom. The average Bonchev–Trinajstić information content (AvgIpc) is 3.40. The third-order valence-electron chi connectivity index (χ3n) is 7.03. The molecule has 1 aromatic carbocycles. The van der Waals surface area contributed by atoms with E-state index in [1.54, 1.807) is 0 Å². The summed E-state index contributed by atoms with van der Waals surface area (Å²) in [5, 5.41) is 0.606. The maximum atomic E-state index is 13.3. The number of hydrogen-bond donors (Lipinski definition) is 0. The summed E-state index contributed by atoms with van der Waals surface area (Å²) in [5.74, 6) is 0.721. The fourth-order valence-corrected chi connectivity index (χ4v) is 5.88. The van der Waals surface area contributed by atoms with Crippen LogP contribution in [0.2, 0.25) is 10.0 Å². The van der Waals surface area contributed by atoms with Crippen molar-refractivity contribution in [3.05, 3.63) is 27.2 Å². The second-order valence-electron chi connectivity index (χ2n) is 8.71. The Balaban J connectivity index is 1.58. The Morgan fingerprint density at radius 2 is 1.86 bits per heavy atom. The lowest BCUT2D eigenvalue weighted by atomic mass is 9.73. The van der Waals surface area contributed by atoms with Gasteiger partial charge in [0, 0.05) is 11.0 Å². The maximum absolute atomic E-state index is 13.3. The van der Waals surface area contributed by atoms with Gasteiger partial charge in [0.15, 0.2) is 5.78 Å². The summed E-state index contributed by atoms with van der Waals surface area (Å²) in [6.07, 6.45) is 7.28. The molecular formula is C22H26Cl2O4. The van der Waals surface area contributed by atoms with E-state index in [1.165, 1.54) is 20.0 Å². The number of benzene rings is 1. The standard InChI is InChI=1S/C22H26Cl2O4/c1-22(14-5-3-4-6-14)11-13-10-16(18(23)19(24)17(13)20(22)25)28-15-8-7-12(9-15)21(26)27-2/h10,12,14-15H,3-9,11H2,1-2H3/t12-,15-,22-/m0/s1. The first-order valence-electron chi connectivity index (χ1n) is 10.1. The highest BCUT2D eigenvalue weighted by Crippen LogP contribution is 2.52. The highest BCUT2D eigenvalue weighted by atomic mass is 35.5. The van der Waals surface area contributed by atoms with Crippen molar-refractivity contribution in [3.63, 3.8) is 0 Å². The number of Topliss-reactive ketones (excluding diaryl/α,β-unsaturated/α-hetero) is 1. The first kappa shape index (κ1) is 20.0. The van der Waals surface area contributed by atoms with Gasteiger partial charge in [0.25, 0.3) is 0 Å². The van der Waals surface area contributed by atoms with Crippen LogP contribution in [0.5, 0.6) is 5.75 Å². The van der Waals surface area contributed by atoms with Gasteiger partial charge in [-0.1, -0.05) is 43.0 Å². The molecule has 0 spiro atoms. The minimum absolute atomic E-state index is 0.103. The van der Waals surface area contributed by atoms with Crippen LogP contribution in [0.1, 0.15) is 67.8 Å². The number of halogens is 2. The number of hydrogen-bond acceptors (Lipinski definition) is 4. The summed E-state index contributed by atoms with van der Waals surface area (Å²) in [6, 6.07) is 1.90. The number of rotatable bonds is 4. The minimum atomic E-state index is -0.395. The smallest absolute Gasteiger partial charge is 0.308 e. The second-order valence-corrected chi connectivity index (χ2v) is 9.47. The van der Waals surface area contributed by atoms with Crippen LogP contribution in [0.25, 0.3) is 0 Å². The Labute approximate surface area is 175 Å². The van der Waals surface area contributed by atoms with Gasteiger partial charge in [-0.3, -0.25) is 9.59 Å². The molecule has 4 rings (SSSR count). The molecule has 0 heterocycles. The van der Waals surface area contributed by atoms with Gasteiger partial charge in [-0.05, 0) is 56.1 Å². The lowest BCUT2D eigenvalue weighted by Gasteiger charge is -2.29.